The largest absolute Gasteiger partial charge is 0.418 e. The summed E-state index contributed by atoms with van der Waals surface area (Å²) in [5, 5.41) is 17.9. The average Bonchev–Trinajstić information content (AvgIpc) is 3.06. The van der Waals surface area contributed by atoms with Crippen LogP contribution >= 0.6 is 11.6 Å². The van der Waals surface area contributed by atoms with Gasteiger partial charge in [0.15, 0.2) is 6.10 Å². The summed E-state index contributed by atoms with van der Waals surface area (Å²) in [4.78, 5) is 30.8. The van der Waals surface area contributed by atoms with Gasteiger partial charge in [0.05, 0.1) is 23.9 Å². The molecule has 14 heteroatoms. The van der Waals surface area contributed by atoms with E-state index in [4.69, 9.17) is 16.3 Å². The Labute approximate surface area is 290 Å². The zero-order valence-corrected chi connectivity index (χ0v) is 28.6. The monoisotopic (exact) mass is 713 g/mol. The van der Waals surface area contributed by atoms with E-state index in [-0.39, 0.29) is 45.7 Å². The Balaban J connectivity index is 1.50. The topological polar surface area (TPSA) is 111 Å². The zero-order chi connectivity index (χ0) is 36.4. The fourth-order valence-corrected chi connectivity index (χ4v) is 5.74. The molecule has 2 aromatic carbocycles. The lowest BCUT2D eigenvalue weighted by atomic mass is 9.86. The van der Waals surface area contributed by atoms with E-state index >= 15 is 4.39 Å². The molecule has 5 rings (SSSR count). The van der Waals surface area contributed by atoms with Gasteiger partial charge < -0.3 is 19.7 Å². The molecular formula is C36H36ClF4N5O4. The minimum atomic E-state index is -4.67. The quantitative estimate of drug-likeness (QED) is 0.0831. The van der Waals surface area contributed by atoms with Crippen molar-refractivity contribution in [2.24, 2.45) is 7.05 Å². The maximum atomic E-state index is 15.4. The van der Waals surface area contributed by atoms with E-state index in [0.29, 0.717) is 40.8 Å². The summed E-state index contributed by atoms with van der Waals surface area (Å²) in [6.45, 7) is 5.14. The molecule has 1 unspecified atom stereocenters. The Morgan fingerprint density at radius 1 is 1.02 bits per heavy atom. The van der Waals surface area contributed by atoms with Crippen LogP contribution in [0.3, 0.4) is 0 Å². The summed E-state index contributed by atoms with van der Waals surface area (Å²) in [6.07, 6.45) is -1.99. The molecule has 0 saturated carbocycles. The highest BCUT2D eigenvalue weighted by molar-refractivity contribution is 6.17. The highest BCUT2D eigenvalue weighted by atomic mass is 35.5. The number of nitrogens with one attached hydrogen (secondary N) is 1. The first-order valence-corrected chi connectivity index (χ1v) is 16.3. The number of ether oxygens (including phenoxy) is 1. The number of unbranched alkanes of at least 4 members (excludes halogenated alkanes) is 1. The molecule has 50 heavy (non-hydrogen) atoms. The van der Waals surface area contributed by atoms with Gasteiger partial charge in [-0.05, 0) is 59.7 Å². The Hall–Kier alpha value is -4.59. The number of nitrogens with zero attached hydrogens (tertiary/aromatic N) is 4. The zero-order valence-electron chi connectivity index (χ0n) is 27.8. The maximum Gasteiger partial charge on any atom is 0.418 e. The molecule has 0 aliphatic carbocycles. The highest BCUT2D eigenvalue weighted by Crippen LogP contribution is 2.36. The summed E-state index contributed by atoms with van der Waals surface area (Å²) in [5.41, 5.74) is 0.406. The van der Waals surface area contributed by atoms with Crippen LogP contribution in [0.5, 0.6) is 0 Å². The molecule has 0 saturated heterocycles. The van der Waals surface area contributed by atoms with Gasteiger partial charge in [0, 0.05) is 54.0 Å². The molecule has 0 spiro atoms. The summed E-state index contributed by atoms with van der Waals surface area (Å²) in [7, 11) is 1.51. The van der Waals surface area contributed by atoms with Gasteiger partial charge in [0.25, 0.3) is 11.1 Å². The average molecular weight is 714 g/mol. The lowest BCUT2D eigenvalue weighted by Crippen LogP contribution is -2.24. The SMILES string of the molecule is Cn1cc(-c2cccc(-n3ncc4cc(C(C)(C)C)cc(F)c4c3=O)c2CO)cc(Nc2ccc(C(OCCCCCl)C(F)(F)F)cn2)c1=O. The number of aliphatic hydroxyl groups excluding tert-OH is 1. The molecule has 0 bridgehead atoms. The van der Waals surface area contributed by atoms with Gasteiger partial charge in [0.1, 0.15) is 17.3 Å². The minimum Gasteiger partial charge on any atom is -0.392 e. The van der Waals surface area contributed by atoms with Crippen molar-refractivity contribution in [2.75, 3.05) is 17.8 Å². The van der Waals surface area contributed by atoms with E-state index in [1.54, 1.807) is 24.3 Å². The number of fused-ring (bicyclic) bond motifs is 1. The smallest absolute Gasteiger partial charge is 0.392 e. The standard InChI is InChI=1S/C36H36ClF4N5O4/c1-35(2,3)24-14-22-18-43-46(34(49)31(22)27(38)16-24)29-9-7-8-25(26(29)20-47)23-15-28(33(48)45(4)19-23)44-30-11-10-21(17-42-30)32(36(39,40)41)50-13-6-5-12-37/h7-11,14-19,32,47H,5-6,12-13,20H2,1-4H3,(H,42,44). The number of aliphatic hydroxyl groups is 1. The van der Waals surface area contributed by atoms with Gasteiger partial charge >= 0.3 is 6.18 Å². The second-order valence-corrected chi connectivity index (χ2v) is 13.2. The van der Waals surface area contributed by atoms with Crippen molar-refractivity contribution < 1.29 is 27.4 Å². The number of anilines is 2. The molecular weight excluding hydrogens is 678 g/mol. The lowest BCUT2D eigenvalue weighted by molar-refractivity contribution is -0.224. The Morgan fingerprint density at radius 3 is 2.42 bits per heavy atom. The second kappa shape index (κ2) is 14.7. The number of pyridine rings is 2. The van der Waals surface area contributed by atoms with Crippen LogP contribution < -0.4 is 16.4 Å². The van der Waals surface area contributed by atoms with Crippen LogP contribution in [-0.2, 0) is 23.8 Å². The third-order valence-corrected chi connectivity index (χ3v) is 8.47. The van der Waals surface area contributed by atoms with Gasteiger partial charge in [-0.25, -0.2) is 9.37 Å². The number of benzene rings is 2. The van der Waals surface area contributed by atoms with E-state index in [2.05, 4.69) is 15.4 Å². The van der Waals surface area contributed by atoms with E-state index in [0.717, 1.165) is 10.9 Å². The molecule has 0 amide bonds. The van der Waals surface area contributed by atoms with Crippen LogP contribution in [0.15, 0.2) is 76.7 Å². The Bertz CT molecular complexity index is 2130. The van der Waals surface area contributed by atoms with Gasteiger partial charge in [-0.1, -0.05) is 39.0 Å². The predicted molar refractivity (Wildman–Crippen MR) is 185 cm³/mol. The summed E-state index contributed by atoms with van der Waals surface area (Å²) in [5.74, 6) is -0.267. The summed E-state index contributed by atoms with van der Waals surface area (Å²) in [6, 6.07) is 12.0. The third-order valence-electron chi connectivity index (χ3n) is 8.20. The van der Waals surface area contributed by atoms with Gasteiger partial charge in [-0.3, -0.25) is 9.59 Å². The molecule has 9 nitrogen and oxygen atoms in total. The molecule has 0 aliphatic rings. The van der Waals surface area contributed by atoms with Crippen molar-refractivity contribution in [3.05, 3.63) is 110 Å². The normalized spacial score (nSPS) is 12.8. The van der Waals surface area contributed by atoms with E-state index in [1.165, 1.54) is 48.3 Å². The van der Waals surface area contributed by atoms with E-state index in [1.807, 2.05) is 20.8 Å². The van der Waals surface area contributed by atoms with Gasteiger partial charge in [-0.2, -0.15) is 23.0 Å². The first kappa shape index (κ1) is 36.7. The Morgan fingerprint density at radius 2 is 1.78 bits per heavy atom. The Kier molecular flexibility index (Phi) is 10.8. The highest BCUT2D eigenvalue weighted by Gasteiger charge is 2.42. The van der Waals surface area contributed by atoms with Crippen LogP contribution in [-0.4, -0.2) is 43.1 Å². The van der Waals surface area contributed by atoms with E-state index in [9.17, 15) is 27.9 Å². The van der Waals surface area contributed by atoms with Crippen molar-refractivity contribution in [1.82, 2.24) is 19.3 Å². The van der Waals surface area contributed by atoms with Crippen LogP contribution in [0.2, 0.25) is 0 Å². The van der Waals surface area contributed by atoms with Crippen LogP contribution in [0.25, 0.3) is 27.6 Å². The van der Waals surface area contributed by atoms with Crippen molar-refractivity contribution in [2.45, 2.75) is 57.9 Å². The fraction of sp³-hybridized carbons (Fsp3) is 0.333. The van der Waals surface area contributed by atoms with Crippen LogP contribution in [0, 0.1) is 5.82 Å². The number of halogens is 5. The lowest BCUT2D eigenvalue weighted by Gasteiger charge is -2.21. The number of aromatic nitrogens is 4. The molecule has 0 radical (unpaired) electrons. The summed E-state index contributed by atoms with van der Waals surface area (Å²) >= 11 is 5.61. The van der Waals surface area contributed by atoms with Crippen LogP contribution in [0.1, 0.15) is 56.4 Å². The molecule has 3 heterocycles. The predicted octanol–water partition coefficient (Wildman–Crippen LogP) is 7.46. The molecule has 2 N–H and O–H groups in total. The number of hydrogen-bond acceptors (Lipinski definition) is 7. The first-order chi connectivity index (χ1) is 23.6. The number of aryl methyl sites for hydroxylation is 1. The summed E-state index contributed by atoms with van der Waals surface area (Å²) < 4.78 is 64.0. The van der Waals surface area contributed by atoms with E-state index < -0.39 is 35.8 Å². The fourth-order valence-electron chi connectivity index (χ4n) is 5.55. The minimum absolute atomic E-state index is 0.0435. The van der Waals surface area contributed by atoms with Crippen molar-refractivity contribution in [3.8, 4) is 16.8 Å². The molecule has 5 aromatic rings. The molecule has 0 fully saturated rings. The first-order valence-electron chi connectivity index (χ1n) is 15.8. The van der Waals surface area contributed by atoms with Gasteiger partial charge in [0.2, 0.25) is 0 Å². The molecule has 264 valence electrons. The number of alkyl halides is 4. The van der Waals surface area contributed by atoms with Crippen LogP contribution in [0.4, 0.5) is 29.1 Å². The van der Waals surface area contributed by atoms with Crippen molar-refractivity contribution >= 4 is 33.9 Å². The van der Waals surface area contributed by atoms with Crippen molar-refractivity contribution in [3.63, 3.8) is 0 Å². The number of hydrogen-bond donors (Lipinski definition) is 2. The van der Waals surface area contributed by atoms with Gasteiger partial charge in [-0.15, -0.1) is 11.6 Å². The maximum absolute atomic E-state index is 15.4. The van der Waals surface area contributed by atoms with Crippen molar-refractivity contribution in [1.29, 1.82) is 0 Å². The second-order valence-electron chi connectivity index (χ2n) is 12.8. The molecule has 1 atom stereocenters. The third kappa shape index (κ3) is 7.74. The number of rotatable bonds is 11. The molecule has 3 aromatic heterocycles. The molecule has 0 aliphatic heterocycles.